The molecule has 2 N–H and O–H groups in total. The summed E-state index contributed by atoms with van der Waals surface area (Å²) < 4.78 is 25.5. The minimum atomic E-state index is -3.60. The molecule has 0 saturated carbocycles. The molecule has 0 spiro atoms. The second-order valence-corrected chi connectivity index (χ2v) is 7.86. The van der Waals surface area contributed by atoms with E-state index in [9.17, 15) is 13.2 Å². The zero-order valence-electron chi connectivity index (χ0n) is 13.6. The van der Waals surface area contributed by atoms with Crippen LogP contribution in [0.15, 0.2) is 59.5 Å². The lowest BCUT2D eigenvalue weighted by molar-refractivity contribution is 0.0936. The van der Waals surface area contributed by atoms with Crippen molar-refractivity contribution in [3.05, 3.63) is 65.7 Å². The van der Waals surface area contributed by atoms with Gasteiger partial charge >= 0.3 is 0 Å². The normalized spacial score (nSPS) is 16.9. The lowest BCUT2D eigenvalue weighted by atomic mass is 10.2. The quantitative estimate of drug-likeness (QED) is 0.833. The summed E-state index contributed by atoms with van der Waals surface area (Å²) in [4.78, 5) is 12.6. The van der Waals surface area contributed by atoms with E-state index in [4.69, 9.17) is 0 Å². The third kappa shape index (κ3) is 4.81. The summed E-state index contributed by atoms with van der Waals surface area (Å²) >= 11 is 0. The van der Waals surface area contributed by atoms with Crippen molar-refractivity contribution in [3.63, 3.8) is 0 Å². The van der Waals surface area contributed by atoms with Gasteiger partial charge in [0.05, 0.1) is 16.2 Å². The van der Waals surface area contributed by atoms with Crippen LogP contribution in [0.1, 0.15) is 22.3 Å². The minimum absolute atomic E-state index is 0. The number of halogens is 1. The highest BCUT2D eigenvalue weighted by Gasteiger charge is 2.24. The highest BCUT2D eigenvalue weighted by molar-refractivity contribution is 7.90. The van der Waals surface area contributed by atoms with E-state index in [1.54, 1.807) is 42.5 Å². The number of nitrogens with one attached hydrogen (secondary N) is 2. The summed E-state index contributed by atoms with van der Waals surface area (Å²) in [7, 11) is -3.60. The Hall–Kier alpha value is -1.89. The number of carbonyl (C=O) groups is 1. The maximum Gasteiger partial charge on any atom is 0.252 e. The third-order valence-corrected chi connectivity index (χ3v) is 5.80. The van der Waals surface area contributed by atoms with Crippen LogP contribution in [0, 0.1) is 0 Å². The summed E-state index contributed by atoms with van der Waals surface area (Å²) in [6.07, 6.45) is 0.852. The number of hydrogen-bond donors (Lipinski definition) is 2. The molecule has 1 amide bonds. The van der Waals surface area contributed by atoms with Crippen LogP contribution in [-0.2, 0) is 15.6 Å². The highest BCUT2D eigenvalue weighted by Crippen LogP contribution is 2.21. The smallest absolute Gasteiger partial charge is 0.252 e. The zero-order valence-corrected chi connectivity index (χ0v) is 15.3. The number of amides is 1. The SMILES string of the molecule is Cl.O=C(NC1CCNC1)c1ccccc1S(=O)(=O)Cc1ccccc1. The summed E-state index contributed by atoms with van der Waals surface area (Å²) in [5.41, 5.74) is 0.910. The van der Waals surface area contributed by atoms with Crippen LogP contribution in [0.4, 0.5) is 0 Å². The van der Waals surface area contributed by atoms with Crippen LogP contribution in [0.3, 0.4) is 0 Å². The van der Waals surface area contributed by atoms with Crippen molar-refractivity contribution in [3.8, 4) is 0 Å². The van der Waals surface area contributed by atoms with Crippen molar-refractivity contribution < 1.29 is 13.2 Å². The van der Waals surface area contributed by atoms with Gasteiger partial charge < -0.3 is 10.6 Å². The fourth-order valence-electron chi connectivity index (χ4n) is 2.84. The summed E-state index contributed by atoms with van der Waals surface area (Å²) in [6.45, 7) is 1.57. The molecule has 1 unspecified atom stereocenters. The maximum absolute atomic E-state index is 12.8. The van der Waals surface area contributed by atoms with E-state index in [0.29, 0.717) is 12.1 Å². The number of hydrogen-bond acceptors (Lipinski definition) is 4. The first-order valence-corrected chi connectivity index (χ1v) is 9.59. The van der Waals surface area contributed by atoms with Gasteiger partial charge in [0.15, 0.2) is 9.84 Å². The van der Waals surface area contributed by atoms with Crippen molar-refractivity contribution >= 4 is 28.2 Å². The van der Waals surface area contributed by atoms with Crippen LogP contribution in [0.25, 0.3) is 0 Å². The lowest BCUT2D eigenvalue weighted by Crippen LogP contribution is -2.36. The Bertz CT molecular complexity index is 819. The summed E-state index contributed by atoms with van der Waals surface area (Å²) in [6, 6.07) is 15.4. The first-order valence-electron chi connectivity index (χ1n) is 7.93. The van der Waals surface area contributed by atoms with Gasteiger partial charge in [-0.3, -0.25) is 4.79 Å². The van der Waals surface area contributed by atoms with Gasteiger partial charge in [0.25, 0.3) is 5.91 Å². The van der Waals surface area contributed by atoms with Gasteiger partial charge in [-0.15, -0.1) is 12.4 Å². The molecular weight excluding hydrogens is 360 g/mol. The first-order chi connectivity index (χ1) is 11.6. The topological polar surface area (TPSA) is 75.3 Å². The molecular formula is C18H21ClN2O3S. The van der Waals surface area contributed by atoms with Gasteiger partial charge in [-0.05, 0) is 30.7 Å². The lowest BCUT2D eigenvalue weighted by Gasteiger charge is -2.14. The molecule has 2 aromatic carbocycles. The molecule has 2 aromatic rings. The second kappa shape index (κ2) is 8.47. The Morgan fingerprint density at radius 2 is 1.76 bits per heavy atom. The van der Waals surface area contributed by atoms with E-state index in [2.05, 4.69) is 10.6 Å². The number of carbonyl (C=O) groups excluding carboxylic acids is 1. The average molecular weight is 381 g/mol. The molecule has 0 aliphatic carbocycles. The van der Waals surface area contributed by atoms with Crippen molar-refractivity contribution in [1.29, 1.82) is 0 Å². The Balaban J connectivity index is 0.00000225. The molecule has 0 bridgehead atoms. The van der Waals surface area contributed by atoms with E-state index in [0.717, 1.165) is 13.0 Å². The van der Waals surface area contributed by atoms with Gasteiger partial charge in [-0.25, -0.2) is 8.42 Å². The van der Waals surface area contributed by atoms with E-state index < -0.39 is 9.84 Å². The molecule has 1 atom stereocenters. The molecule has 1 aliphatic heterocycles. The van der Waals surface area contributed by atoms with Gasteiger partial charge in [0.1, 0.15) is 0 Å². The average Bonchev–Trinajstić information content (AvgIpc) is 3.08. The second-order valence-electron chi connectivity index (χ2n) is 5.90. The van der Waals surface area contributed by atoms with E-state index >= 15 is 0 Å². The van der Waals surface area contributed by atoms with Crippen molar-refractivity contribution in [2.24, 2.45) is 0 Å². The number of benzene rings is 2. The van der Waals surface area contributed by atoms with Crippen LogP contribution < -0.4 is 10.6 Å². The van der Waals surface area contributed by atoms with Gasteiger partial charge in [0.2, 0.25) is 0 Å². The monoisotopic (exact) mass is 380 g/mol. The number of rotatable bonds is 5. The summed E-state index contributed by atoms with van der Waals surface area (Å²) in [5.74, 6) is -0.459. The molecule has 7 heteroatoms. The maximum atomic E-state index is 12.8. The zero-order chi connectivity index (χ0) is 17.0. The molecule has 134 valence electrons. The first kappa shape index (κ1) is 19.4. The van der Waals surface area contributed by atoms with Gasteiger partial charge in [-0.2, -0.15) is 0 Å². The molecule has 0 radical (unpaired) electrons. The fraction of sp³-hybridized carbons (Fsp3) is 0.278. The van der Waals surface area contributed by atoms with Crippen LogP contribution in [0.2, 0.25) is 0 Å². The Morgan fingerprint density at radius 3 is 2.44 bits per heavy atom. The van der Waals surface area contributed by atoms with Crippen LogP contribution in [-0.4, -0.2) is 33.5 Å². The highest BCUT2D eigenvalue weighted by atomic mass is 35.5. The molecule has 1 fully saturated rings. The fourth-order valence-corrected chi connectivity index (χ4v) is 4.41. The van der Waals surface area contributed by atoms with Crippen LogP contribution in [0.5, 0.6) is 0 Å². The molecule has 5 nitrogen and oxygen atoms in total. The van der Waals surface area contributed by atoms with Crippen molar-refractivity contribution in [2.45, 2.75) is 23.1 Å². The largest absolute Gasteiger partial charge is 0.348 e. The number of sulfone groups is 1. The van der Waals surface area contributed by atoms with Crippen LogP contribution >= 0.6 is 12.4 Å². The Kier molecular flexibility index (Phi) is 6.58. The molecule has 1 heterocycles. The van der Waals surface area contributed by atoms with Gasteiger partial charge in [0, 0.05) is 12.6 Å². The molecule has 1 aliphatic rings. The Morgan fingerprint density at radius 1 is 1.08 bits per heavy atom. The third-order valence-electron chi connectivity index (χ3n) is 4.06. The van der Waals surface area contributed by atoms with Crippen molar-refractivity contribution in [1.82, 2.24) is 10.6 Å². The minimum Gasteiger partial charge on any atom is -0.348 e. The van der Waals surface area contributed by atoms with E-state index in [1.807, 2.05) is 6.07 Å². The predicted molar refractivity (Wildman–Crippen MR) is 99.8 cm³/mol. The predicted octanol–water partition coefficient (Wildman–Crippen LogP) is 2.17. The van der Waals surface area contributed by atoms with Crippen molar-refractivity contribution in [2.75, 3.05) is 13.1 Å². The van der Waals surface area contributed by atoms with E-state index in [-0.39, 0.29) is 40.6 Å². The standard InChI is InChI=1S/C18H20N2O3S.ClH/c21-18(20-15-10-11-19-12-15)16-8-4-5-9-17(16)24(22,23)13-14-6-2-1-3-7-14;/h1-9,15,19H,10-13H2,(H,20,21);1H. The molecule has 0 aromatic heterocycles. The van der Waals surface area contributed by atoms with Gasteiger partial charge in [-0.1, -0.05) is 42.5 Å². The summed E-state index contributed by atoms with van der Waals surface area (Å²) in [5, 5.41) is 6.08. The molecule has 1 saturated heterocycles. The molecule has 25 heavy (non-hydrogen) atoms. The molecule has 3 rings (SSSR count). The Labute approximate surface area is 154 Å². The van der Waals surface area contributed by atoms with E-state index in [1.165, 1.54) is 6.07 Å².